The van der Waals surface area contributed by atoms with Gasteiger partial charge >= 0.3 is 0 Å². The second-order valence-corrected chi connectivity index (χ2v) is 5.44. The van der Waals surface area contributed by atoms with Crippen LogP contribution >= 0.6 is 0 Å². The molecule has 0 saturated carbocycles. The van der Waals surface area contributed by atoms with Crippen LogP contribution in [0.1, 0.15) is 10.4 Å². The monoisotopic (exact) mass is 311 g/mol. The van der Waals surface area contributed by atoms with Gasteiger partial charge in [-0.15, -0.1) is 0 Å². The normalized spacial score (nSPS) is 14.4. The van der Waals surface area contributed by atoms with Crippen LogP contribution in [0.5, 0.6) is 5.75 Å². The van der Waals surface area contributed by atoms with Crippen LogP contribution in [0.4, 0.5) is 11.4 Å². The average molecular weight is 311 g/mol. The molecule has 0 bridgehead atoms. The minimum Gasteiger partial charge on any atom is -0.496 e. The van der Waals surface area contributed by atoms with Gasteiger partial charge in [-0.2, -0.15) is 0 Å². The second kappa shape index (κ2) is 7.15. The molecular formula is C18H21N3O2. The fourth-order valence-electron chi connectivity index (χ4n) is 2.71. The maximum absolute atomic E-state index is 12.4. The van der Waals surface area contributed by atoms with Crippen LogP contribution in [0.3, 0.4) is 0 Å². The SMILES string of the molecule is COc1ccccc1C(=O)Nc1ccc(N2CCNCC2)cc1. The van der Waals surface area contributed by atoms with Crippen molar-refractivity contribution in [2.75, 3.05) is 43.5 Å². The van der Waals surface area contributed by atoms with E-state index in [0.29, 0.717) is 11.3 Å². The van der Waals surface area contributed by atoms with Crippen molar-refractivity contribution >= 4 is 17.3 Å². The van der Waals surface area contributed by atoms with Gasteiger partial charge in [-0.25, -0.2) is 0 Å². The number of carbonyl (C=O) groups is 1. The zero-order valence-corrected chi connectivity index (χ0v) is 13.2. The molecular weight excluding hydrogens is 290 g/mol. The third kappa shape index (κ3) is 3.63. The van der Waals surface area contributed by atoms with Gasteiger partial charge in [0.15, 0.2) is 0 Å². The number of nitrogens with one attached hydrogen (secondary N) is 2. The van der Waals surface area contributed by atoms with Gasteiger partial charge in [0, 0.05) is 37.6 Å². The van der Waals surface area contributed by atoms with Crippen LogP contribution in [0, 0.1) is 0 Å². The molecule has 0 spiro atoms. The molecule has 1 aliphatic heterocycles. The molecule has 1 saturated heterocycles. The molecule has 120 valence electrons. The van der Waals surface area contributed by atoms with Gasteiger partial charge in [0.25, 0.3) is 5.91 Å². The van der Waals surface area contributed by atoms with E-state index < -0.39 is 0 Å². The molecule has 5 heteroatoms. The molecule has 0 aliphatic carbocycles. The molecule has 0 radical (unpaired) electrons. The molecule has 3 rings (SSSR count). The quantitative estimate of drug-likeness (QED) is 0.910. The Hall–Kier alpha value is -2.53. The first-order valence-corrected chi connectivity index (χ1v) is 7.78. The smallest absolute Gasteiger partial charge is 0.259 e. The molecule has 2 N–H and O–H groups in total. The number of ether oxygens (including phenoxy) is 1. The molecule has 23 heavy (non-hydrogen) atoms. The van der Waals surface area contributed by atoms with E-state index in [1.165, 1.54) is 5.69 Å². The van der Waals surface area contributed by atoms with Crippen LogP contribution in [0.2, 0.25) is 0 Å². The Morgan fingerprint density at radius 3 is 2.48 bits per heavy atom. The summed E-state index contributed by atoms with van der Waals surface area (Å²) < 4.78 is 5.23. The number of methoxy groups -OCH3 is 1. The summed E-state index contributed by atoms with van der Waals surface area (Å²) in [5, 5.41) is 6.25. The molecule has 0 unspecified atom stereocenters. The Labute approximate surface area is 136 Å². The standard InChI is InChI=1S/C18H21N3O2/c1-23-17-5-3-2-4-16(17)18(22)20-14-6-8-15(9-7-14)21-12-10-19-11-13-21/h2-9,19H,10-13H2,1H3,(H,20,22). The van der Waals surface area contributed by atoms with Crippen molar-refractivity contribution in [3.05, 3.63) is 54.1 Å². The molecule has 2 aromatic carbocycles. The van der Waals surface area contributed by atoms with Crippen molar-refractivity contribution in [2.24, 2.45) is 0 Å². The van der Waals surface area contributed by atoms with Crippen LogP contribution in [0.15, 0.2) is 48.5 Å². The van der Waals surface area contributed by atoms with E-state index in [-0.39, 0.29) is 5.91 Å². The zero-order chi connectivity index (χ0) is 16.1. The summed E-state index contributed by atoms with van der Waals surface area (Å²) in [5.74, 6) is 0.403. The lowest BCUT2D eigenvalue weighted by Gasteiger charge is -2.29. The number of hydrogen-bond acceptors (Lipinski definition) is 4. The molecule has 0 aromatic heterocycles. The van der Waals surface area contributed by atoms with Crippen molar-refractivity contribution in [3.63, 3.8) is 0 Å². The maximum atomic E-state index is 12.4. The number of carbonyl (C=O) groups excluding carboxylic acids is 1. The molecule has 1 fully saturated rings. The van der Waals surface area contributed by atoms with E-state index in [4.69, 9.17) is 4.74 Å². The highest BCUT2D eigenvalue weighted by Gasteiger charge is 2.13. The van der Waals surface area contributed by atoms with E-state index in [1.807, 2.05) is 36.4 Å². The summed E-state index contributed by atoms with van der Waals surface area (Å²) in [7, 11) is 1.56. The highest BCUT2D eigenvalue weighted by Crippen LogP contribution is 2.21. The Kier molecular flexibility index (Phi) is 4.78. The number of anilines is 2. The Morgan fingerprint density at radius 1 is 1.09 bits per heavy atom. The predicted molar refractivity (Wildman–Crippen MR) is 92.5 cm³/mol. The summed E-state index contributed by atoms with van der Waals surface area (Å²) in [5.41, 5.74) is 2.49. The lowest BCUT2D eigenvalue weighted by atomic mass is 10.1. The van der Waals surface area contributed by atoms with Gasteiger partial charge in [-0.3, -0.25) is 4.79 Å². The van der Waals surface area contributed by atoms with Crippen molar-refractivity contribution < 1.29 is 9.53 Å². The topological polar surface area (TPSA) is 53.6 Å². The van der Waals surface area contributed by atoms with Crippen molar-refractivity contribution in [1.29, 1.82) is 0 Å². The van der Waals surface area contributed by atoms with Crippen LogP contribution in [-0.2, 0) is 0 Å². The molecule has 1 aliphatic rings. The molecule has 1 amide bonds. The van der Waals surface area contributed by atoms with E-state index in [9.17, 15) is 4.79 Å². The van der Waals surface area contributed by atoms with Gasteiger partial charge < -0.3 is 20.3 Å². The molecule has 1 heterocycles. The first-order chi connectivity index (χ1) is 11.3. The number of hydrogen-bond donors (Lipinski definition) is 2. The number of rotatable bonds is 4. The van der Waals surface area contributed by atoms with Gasteiger partial charge in [-0.1, -0.05) is 12.1 Å². The average Bonchev–Trinajstić information content (AvgIpc) is 2.63. The number of amides is 1. The summed E-state index contributed by atoms with van der Waals surface area (Å²) in [6.07, 6.45) is 0. The third-order valence-corrected chi connectivity index (χ3v) is 3.96. The number of piperazine rings is 1. The van der Waals surface area contributed by atoms with Crippen LogP contribution in [0.25, 0.3) is 0 Å². The fourth-order valence-corrected chi connectivity index (χ4v) is 2.71. The Bertz CT molecular complexity index is 664. The van der Waals surface area contributed by atoms with Crippen molar-refractivity contribution in [1.82, 2.24) is 5.32 Å². The molecule has 0 atom stereocenters. The van der Waals surface area contributed by atoms with Gasteiger partial charge in [-0.05, 0) is 36.4 Å². The summed E-state index contributed by atoms with van der Waals surface area (Å²) >= 11 is 0. The Balaban J connectivity index is 1.69. The molecule has 5 nitrogen and oxygen atoms in total. The van der Waals surface area contributed by atoms with Gasteiger partial charge in [0.05, 0.1) is 12.7 Å². The second-order valence-electron chi connectivity index (χ2n) is 5.44. The number of nitrogens with zero attached hydrogens (tertiary/aromatic N) is 1. The fraction of sp³-hybridized carbons (Fsp3) is 0.278. The largest absolute Gasteiger partial charge is 0.496 e. The predicted octanol–water partition coefficient (Wildman–Crippen LogP) is 2.36. The first-order valence-electron chi connectivity index (χ1n) is 7.78. The van der Waals surface area contributed by atoms with E-state index in [1.54, 1.807) is 19.2 Å². The minimum atomic E-state index is -0.169. The summed E-state index contributed by atoms with van der Waals surface area (Å²) in [6, 6.07) is 15.2. The lowest BCUT2D eigenvalue weighted by molar-refractivity contribution is 0.102. The van der Waals surface area contributed by atoms with E-state index in [2.05, 4.69) is 15.5 Å². The molecule has 2 aromatic rings. The van der Waals surface area contributed by atoms with E-state index >= 15 is 0 Å². The lowest BCUT2D eigenvalue weighted by Crippen LogP contribution is -2.43. The first kappa shape index (κ1) is 15.4. The van der Waals surface area contributed by atoms with Gasteiger partial charge in [0.1, 0.15) is 5.75 Å². The number of benzene rings is 2. The maximum Gasteiger partial charge on any atom is 0.259 e. The van der Waals surface area contributed by atoms with E-state index in [0.717, 1.165) is 31.9 Å². The highest BCUT2D eigenvalue weighted by atomic mass is 16.5. The van der Waals surface area contributed by atoms with Crippen molar-refractivity contribution in [3.8, 4) is 5.75 Å². The van der Waals surface area contributed by atoms with Crippen LogP contribution < -0.4 is 20.3 Å². The summed E-state index contributed by atoms with van der Waals surface area (Å²) in [6.45, 7) is 4.03. The van der Waals surface area contributed by atoms with Gasteiger partial charge in [0.2, 0.25) is 0 Å². The van der Waals surface area contributed by atoms with Crippen molar-refractivity contribution in [2.45, 2.75) is 0 Å². The highest BCUT2D eigenvalue weighted by molar-refractivity contribution is 6.06. The zero-order valence-electron chi connectivity index (χ0n) is 13.2. The number of para-hydroxylation sites is 1. The van der Waals surface area contributed by atoms with Crippen LogP contribution in [-0.4, -0.2) is 39.2 Å². The Morgan fingerprint density at radius 2 is 1.78 bits per heavy atom. The third-order valence-electron chi connectivity index (χ3n) is 3.96. The minimum absolute atomic E-state index is 0.169. The summed E-state index contributed by atoms with van der Waals surface area (Å²) in [4.78, 5) is 14.7.